The molecule has 2 unspecified atom stereocenters. The van der Waals surface area contributed by atoms with Crippen LogP contribution in [0.1, 0.15) is 20.8 Å². The van der Waals surface area contributed by atoms with Crippen molar-refractivity contribution in [1.82, 2.24) is 9.78 Å². The molecule has 0 aliphatic heterocycles. The van der Waals surface area contributed by atoms with E-state index in [1.165, 1.54) is 10.9 Å². The molecule has 0 aromatic carbocycles. The highest BCUT2D eigenvalue weighted by molar-refractivity contribution is 7.84. The molecule has 5 nitrogen and oxygen atoms in total. The van der Waals surface area contributed by atoms with Crippen LogP contribution in [0.25, 0.3) is 0 Å². The minimum absolute atomic E-state index is 0.0193. The van der Waals surface area contributed by atoms with Gasteiger partial charge in [-0.2, -0.15) is 5.10 Å². The Balaban J connectivity index is 2.85. The van der Waals surface area contributed by atoms with Crippen molar-refractivity contribution in [1.29, 1.82) is 0 Å². The molecule has 108 valence electrons. The van der Waals surface area contributed by atoms with Gasteiger partial charge in [-0.25, -0.2) is 4.68 Å². The first-order valence-electron chi connectivity index (χ1n) is 6.14. The number of nitrogens with zero attached hydrogens (tertiary/aromatic N) is 2. The van der Waals surface area contributed by atoms with E-state index in [0.717, 1.165) is 0 Å². The first kappa shape index (κ1) is 16.2. The van der Waals surface area contributed by atoms with Crippen LogP contribution in [0.15, 0.2) is 11.0 Å². The van der Waals surface area contributed by atoms with Gasteiger partial charge in [-0.1, -0.05) is 25.4 Å². The van der Waals surface area contributed by atoms with Gasteiger partial charge >= 0.3 is 0 Å². The molecule has 0 aliphatic rings. The zero-order valence-corrected chi connectivity index (χ0v) is 13.2. The zero-order valence-electron chi connectivity index (χ0n) is 11.6. The van der Waals surface area contributed by atoms with Gasteiger partial charge in [0.15, 0.2) is 0 Å². The van der Waals surface area contributed by atoms with E-state index in [9.17, 15) is 9.00 Å². The Kier molecular flexibility index (Phi) is 6.00. The molecule has 0 radical (unpaired) electrons. The molecule has 19 heavy (non-hydrogen) atoms. The molecule has 0 bridgehead atoms. The molecule has 1 rings (SSSR count). The summed E-state index contributed by atoms with van der Waals surface area (Å²) in [4.78, 5) is 12.0. The third kappa shape index (κ3) is 4.62. The molecule has 1 aromatic rings. The van der Waals surface area contributed by atoms with Gasteiger partial charge in [0, 0.05) is 35.4 Å². The quantitative estimate of drug-likeness (QED) is 0.869. The maximum absolute atomic E-state index is 12.0. The standard InChI is InChI=1S/C12H20ClN3O2S/c1-8(2)7-16-12(17)11(13)10(6-15-16)14-5-9(3)19(4)18/h6,8-9,14H,5,7H2,1-4H3. The highest BCUT2D eigenvalue weighted by atomic mass is 35.5. The van der Waals surface area contributed by atoms with Gasteiger partial charge in [-0.15, -0.1) is 0 Å². The Morgan fingerprint density at radius 2 is 2.11 bits per heavy atom. The second-order valence-electron chi connectivity index (χ2n) is 4.94. The van der Waals surface area contributed by atoms with E-state index in [1.807, 2.05) is 20.8 Å². The molecule has 1 aromatic heterocycles. The summed E-state index contributed by atoms with van der Waals surface area (Å²) in [7, 11) is -0.917. The lowest BCUT2D eigenvalue weighted by Gasteiger charge is -2.13. The fourth-order valence-electron chi connectivity index (χ4n) is 1.44. The second-order valence-corrected chi connectivity index (χ2v) is 7.12. The summed E-state index contributed by atoms with van der Waals surface area (Å²) in [5.74, 6) is 0.322. The van der Waals surface area contributed by atoms with Crippen LogP contribution in [0.5, 0.6) is 0 Å². The summed E-state index contributed by atoms with van der Waals surface area (Å²) in [5, 5.41) is 7.21. The molecule has 0 spiro atoms. The van der Waals surface area contributed by atoms with Crippen molar-refractivity contribution in [3.8, 4) is 0 Å². The molecule has 7 heteroatoms. The first-order valence-corrected chi connectivity index (χ1v) is 8.14. The zero-order chi connectivity index (χ0) is 14.6. The lowest BCUT2D eigenvalue weighted by atomic mass is 10.2. The van der Waals surface area contributed by atoms with E-state index in [4.69, 9.17) is 11.6 Å². The fourth-order valence-corrected chi connectivity index (χ4v) is 1.97. The van der Waals surface area contributed by atoms with Crippen LogP contribution >= 0.6 is 11.6 Å². The third-order valence-corrected chi connectivity index (χ3v) is 4.33. The van der Waals surface area contributed by atoms with Gasteiger partial charge in [0.1, 0.15) is 5.02 Å². The Morgan fingerprint density at radius 3 is 2.63 bits per heavy atom. The monoisotopic (exact) mass is 305 g/mol. The van der Waals surface area contributed by atoms with Crippen LogP contribution in [0.4, 0.5) is 5.69 Å². The van der Waals surface area contributed by atoms with Crippen molar-refractivity contribution in [2.24, 2.45) is 5.92 Å². The number of halogens is 1. The van der Waals surface area contributed by atoms with Gasteiger partial charge in [0.2, 0.25) is 0 Å². The average Bonchev–Trinajstić information content (AvgIpc) is 2.33. The van der Waals surface area contributed by atoms with Crippen LogP contribution in [0.3, 0.4) is 0 Å². The maximum Gasteiger partial charge on any atom is 0.287 e. The number of rotatable bonds is 6. The Bertz CT molecular complexity index is 516. The second kappa shape index (κ2) is 7.05. The molecular formula is C12H20ClN3O2S. The third-order valence-electron chi connectivity index (χ3n) is 2.67. The van der Waals surface area contributed by atoms with Crippen molar-refractivity contribution in [2.45, 2.75) is 32.6 Å². The Labute approximate surface area is 120 Å². The average molecular weight is 306 g/mol. The summed E-state index contributed by atoms with van der Waals surface area (Å²) in [6.07, 6.45) is 3.18. The van der Waals surface area contributed by atoms with Crippen molar-refractivity contribution < 1.29 is 4.21 Å². The van der Waals surface area contributed by atoms with E-state index in [-0.39, 0.29) is 15.8 Å². The largest absolute Gasteiger partial charge is 0.381 e. The van der Waals surface area contributed by atoms with E-state index < -0.39 is 10.8 Å². The minimum atomic E-state index is -0.917. The SMILES string of the molecule is CC(C)Cn1ncc(NCC(C)S(C)=O)c(Cl)c1=O. The number of hydrogen-bond acceptors (Lipinski definition) is 4. The molecule has 0 fully saturated rings. The lowest BCUT2D eigenvalue weighted by molar-refractivity contribution is 0.464. The van der Waals surface area contributed by atoms with E-state index in [0.29, 0.717) is 24.7 Å². The number of aromatic nitrogens is 2. The van der Waals surface area contributed by atoms with Crippen LogP contribution in [0, 0.1) is 5.92 Å². The van der Waals surface area contributed by atoms with Crippen LogP contribution < -0.4 is 10.9 Å². The summed E-state index contributed by atoms with van der Waals surface area (Å²) in [6, 6.07) is 0. The Morgan fingerprint density at radius 1 is 1.47 bits per heavy atom. The highest BCUT2D eigenvalue weighted by Gasteiger charge is 2.12. The van der Waals surface area contributed by atoms with Gasteiger partial charge in [0.05, 0.1) is 11.9 Å². The number of nitrogens with one attached hydrogen (secondary N) is 1. The van der Waals surface area contributed by atoms with Gasteiger partial charge in [0.25, 0.3) is 5.56 Å². The highest BCUT2D eigenvalue weighted by Crippen LogP contribution is 2.15. The minimum Gasteiger partial charge on any atom is -0.381 e. The Hall–Kier alpha value is -0.880. The number of anilines is 1. The van der Waals surface area contributed by atoms with Gasteiger partial charge < -0.3 is 5.32 Å². The van der Waals surface area contributed by atoms with Crippen molar-refractivity contribution >= 4 is 28.1 Å². The molecule has 1 heterocycles. The van der Waals surface area contributed by atoms with Crippen LogP contribution in [-0.4, -0.2) is 32.0 Å². The van der Waals surface area contributed by atoms with Crippen molar-refractivity contribution in [3.05, 3.63) is 21.6 Å². The van der Waals surface area contributed by atoms with E-state index in [2.05, 4.69) is 10.4 Å². The smallest absolute Gasteiger partial charge is 0.287 e. The van der Waals surface area contributed by atoms with E-state index >= 15 is 0 Å². The maximum atomic E-state index is 12.0. The van der Waals surface area contributed by atoms with E-state index in [1.54, 1.807) is 6.26 Å². The normalized spacial score (nSPS) is 14.4. The van der Waals surface area contributed by atoms with Crippen molar-refractivity contribution in [3.63, 3.8) is 0 Å². The molecular weight excluding hydrogens is 286 g/mol. The summed E-state index contributed by atoms with van der Waals surface area (Å²) < 4.78 is 12.6. The molecule has 0 amide bonds. The van der Waals surface area contributed by atoms with Gasteiger partial charge in [-0.05, 0) is 12.8 Å². The number of hydrogen-bond donors (Lipinski definition) is 1. The predicted molar refractivity (Wildman–Crippen MR) is 80.4 cm³/mol. The lowest BCUT2D eigenvalue weighted by Crippen LogP contribution is -2.27. The van der Waals surface area contributed by atoms with Crippen LogP contribution in [-0.2, 0) is 17.3 Å². The van der Waals surface area contributed by atoms with Crippen molar-refractivity contribution in [2.75, 3.05) is 18.1 Å². The fraction of sp³-hybridized carbons (Fsp3) is 0.667. The molecule has 0 saturated heterocycles. The van der Waals surface area contributed by atoms with Gasteiger partial charge in [-0.3, -0.25) is 9.00 Å². The summed E-state index contributed by atoms with van der Waals surface area (Å²) in [6.45, 7) is 6.90. The first-order chi connectivity index (χ1) is 8.82. The van der Waals surface area contributed by atoms with Crippen LogP contribution in [0.2, 0.25) is 5.02 Å². The predicted octanol–water partition coefficient (Wildman–Crippen LogP) is 1.73. The summed E-state index contributed by atoms with van der Waals surface area (Å²) in [5.41, 5.74) is 0.189. The molecule has 1 N–H and O–H groups in total. The molecule has 0 saturated carbocycles. The molecule has 2 atom stereocenters. The molecule has 0 aliphatic carbocycles. The topological polar surface area (TPSA) is 64.0 Å². The summed E-state index contributed by atoms with van der Waals surface area (Å²) >= 11 is 6.03.